The van der Waals surface area contributed by atoms with Crippen molar-refractivity contribution >= 4 is 5.91 Å². The van der Waals surface area contributed by atoms with Gasteiger partial charge in [0.05, 0.1) is 12.6 Å². The van der Waals surface area contributed by atoms with Gasteiger partial charge in [0.2, 0.25) is 0 Å². The molecule has 0 saturated carbocycles. The molecule has 2 aromatic rings. The van der Waals surface area contributed by atoms with Crippen molar-refractivity contribution in [2.45, 2.75) is 19.6 Å². The van der Waals surface area contributed by atoms with Crippen molar-refractivity contribution in [2.75, 3.05) is 7.11 Å². The second kappa shape index (κ2) is 6.99. The van der Waals surface area contributed by atoms with E-state index in [0.717, 1.165) is 11.1 Å². The molecule has 0 spiro atoms. The van der Waals surface area contributed by atoms with Gasteiger partial charge in [0.15, 0.2) is 0 Å². The molecule has 0 aliphatic carbocycles. The van der Waals surface area contributed by atoms with Gasteiger partial charge >= 0.3 is 0 Å². The smallest absolute Gasteiger partial charge is 0.251 e. The monoisotopic (exact) mass is 287 g/mol. The lowest BCUT2D eigenvalue weighted by molar-refractivity contribution is 0.0940. The van der Waals surface area contributed by atoms with Crippen molar-refractivity contribution in [3.8, 4) is 0 Å². The zero-order valence-corrected chi connectivity index (χ0v) is 12.1. The van der Waals surface area contributed by atoms with Crippen LogP contribution >= 0.6 is 0 Å². The first kappa shape index (κ1) is 15.2. The fraction of sp³-hybridized carbons (Fsp3) is 0.235. The second-order valence-corrected chi connectivity index (χ2v) is 4.88. The van der Waals surface area contributed by atoms with Gasteiger partial charge in [0.25, 0.3) is 5.91 Å². The Kier molecular flexibility index (Phi) is 5.06. The Morgan fingerprint density at radius 1 is 1.14 bits per heavy atom. The summed E-state index contributed by atoms with van der Waals surface area (Å²) in [6.45, 7) is 2.39. The summed E-state index contributed by atoms with van der Waals surface area (Å²) < 4.78 is 17.9. The molecule has 2 rings (SSSR count). The Bertz CT molecular complexity index is 593. The third-order valence-electron chi connectivity index (χ3n) is 3.24. The van der Waals surface area contributed by atoms with Gasteiger partial charge in [-0.25, -0.2) is 4.39 Å². The first-order chi connectivity index (χ1) is 10.1. The number of hydrogen-bond acceptors (Lipinski definition) is 2. The number of ether oxygens (including phenoxy) is 1. The summed E-state index contributed by atoms with van der Waals surface area (Å²) in [4.78, 5) is 12.1. The molecule has 0 fully saturated rings. The van der Waals surface area contributed by atoms with E-state index in [4.69, 9.17) is 4.74 Å². The quantitative estimate of drug-likeness (QED) is 0.914. The summed E-state index contributed by atoms with van der Waals surface area (Å²) in [6.07, 6.45) is 0. The van der Waals surface area contributed by atoms with Gasteiger partial charge in [-0.15, -0.1) is 0 Å². The van der Waals surface area contributed by atoms with E-state index in [1.165, 1.54) is 12.1 Å². The van der Waals surface area contributed by atoms with Gasteiger partial charge in [-0.1, -0.05) is 24.3 Å². The summed E-state index contributed by atoms with van der Waals surface area (Å²) in [6, 6.07) is 13.2. The van der Waals surface area contributed by atoms with E-state index in [1.807, 2.05) is 19.1 Å². The van der Waals surface area contributed by atoms with E-state index in [-0.39, 0.29) is 17.8 Å². The minimum absolute atomic E-state index is 0.157. The Morgan fingerprint density at radius 2 is 1.76 bits per heavy atom. The van der Waals surface area contributed by atoms with Crippen LogP contribution in [0, 0.1) is 5.82 Å². The zero-order valence-electron chi connectivity index (χ0n) is 12.1. The predicted molar refractivity (Wildman–Crippen MR) is 79.4 cm³/mol. The molecule has 0 radical (unpaired) electrons. The predicted octanol–water partition coefficient (Wildman–Crippen LogP) is 3.46. The van der Waals surface area contributed by atoms with E-state index in [9.17, 15) is 9.18 Å². The van der Waals surface area contributed by atoms with Crippen LogP contribution < -0.4 is 5.32 Å². The van der Waals surface area contributed by atoms with Crippen molar-refractivity contribution in [2.24, 2.45) is 0 Å². The lowest BCUT2D eigenvalue weighted by atomic mass is 10.1. The van der Waals surface area contributed by atoms with E-state index < -0.39 is 0 Å². The number of rotatable bonds is 5. The van der Waals surface area contributed by atoms with Crippen LogP contribution in [-0.2, 0) is 11.3 Å². The maximum atomic E-state index is 12.9. The Morgan fingerprint density at radius 3 is 2.33 bits per heavy atom. The number of carbonyl (C=O) groups excluding carboxylic acids is 1. The summed E-state index contributed by atoms with van der Waals surface area (Å²) >= 11 is 0. The molecule has 0 heterocycles. The van der Waals surface area contributed by atoms with Crippen LogP contribution in [0.4, 0.5) is 4.39 Å². The number of carbonyl (C=O) groups is 1. The molecule has 0 aromatic heterocycles. The van der Waals surface area contributed by atoms with Gasteiger partial charge < -0.3 is 10.1 Å². The van der Waals surface area contributed by atoms with Gasteiger partial charge in [0.1, 0.15) is 5.82 Å². The lowest BCUT2D eigenvalue weighted by Crippen LogP contribution is -2.26. The van der Waals surface area contributed by atoms with E-state index in [1.54, 1.807) is 31.4 Å². The highest BCUT2D eigenvalue weighted by Crippen LogP contribution is 2.14. The Balaban J connectivity index is 2.01. The molecule has 0 saturated heterocycles. The molecule has 0 unspecified atom stereocenters. The van der Waals surface area contributed by atoms with Crippen LogP contribution in [0.15, 0.2) is 48.5 Å². The first-order valence-corrected chi connectivity index (χ1v) is 6.74. The van der Waals surface area contributed by atoms with E-state index >= 15 is 0 Å². The highest BCUT2D eigenvalue weighted by atomic mass is 19.1. The highest BCUT2D eigenvalue weighted by Gasteiger charge is 2.11. The van der Waals surface area contributed by atoms with Crippen molar-refractivity contribution < 1.29 is 13.9 Å². The normalized spacial score (nSPS) is 12.0. The Labute approximate surface area is 123 Å². The fourth-order valence-electron chi connectivity index (χ4n) is 2.03. The van der Waals surface area contributed by atoms with Gasteiger partial charge in [-0.3, -0.25) is 4.79 Å². The molecular formula is C17H18FNO2. The Hall–Kier alpha value is -2.20. The molecule has 1 atom stereocenters. The zero-order chi connectivity index (χ0) is 15.2. The topological polar surface area (TPSA) is 38.3 Å². The number of hydrogen-bond donors (Lipinski definition) is 1. The molecule has 4 heteroatoms. The number of benzene rings is 2. The average Bonchev–Trinajstić information content (AvgIpc) is 2.49. The summed E-state index contributed by atoms with van der Waals surface area (Å²) in [5, 5.41) is 2.89. The highest BCUT2D eigenvalue weighted by molar-refractivity contribution is 5.94. The standard InChI is InChI=1S/C17H18FNO2/c1-12(14-7-9-16(18)10-8-14)19-17(20)15-5-3-13(4-6-15)11-21-2/h3-10,12H,11H2,1-2H3,(H,19,20)/t12-/m0/s1. The molecule has 0 aliphatic heterocycles. The molecule has 2 aromatic carbocycles. The fourth-order valence-corrected chi connectivity index (χ4v) is 2.03. The molecule has 0 bridgehead atoms. The van der Waals surface area contributed by atoms with Crippen molar-refractivity contribution in [1.29, 1.82) is 0 Å². The summed E-state index contributed by atoms with van der Waals surface area (Å²) in [5.41, 5.74) is 2.46. The largest absolute Gasteiger partial charge is 0.380 e. The molecular weight excluding hydrogens is 269 g/mol. The third-order valence-corrected chi connectivity index (χ3v) is 3.24. The van der Waals surface area contributed by atoms with Crippen LogP contribution in [0.25, 0.3) is 0 Å². The van der Waals surface area contributed by atoms with Crippen LogP contribution in [0.3, 0.4) is 0 Å². The van der Waals surface area contributed by atoms with Crippen LogP contribution in [0.2, 0.25) is 0 Å². The lowest BCUT2D eigenvalue weighted by Gasteiger charge is -2.14. The SMILES string of the molecule is COCc1ccc(C(=O)N[C@@H](C)c2ccc(F)cc2)cc1. The van der Waals surface area contributed by atoms with Crippen LogP contribution in [0.1, 0.15) is 34.5 Å². The van der Waals surface area contributed by atoms with Crippen molar-refractivity contribution in [3.05, 3.63) is 71.0 Å². The van der Waals surface area contributed by atoms with Gasteiger partial charge in [-0.2, -0.15) is 0 Å². The summed E-state index contributed by atoms with van der Waals surface area (Å²) in [7, 11) is 1.63. The number of nitrogens with one attached hydrogen (secondary N) is 1. The maximum Gasteiger partial charge on any atom is 0.251 e. The molecule has 0 aliphatic rings. The minimum atomic E-state index is -0.286. The van der Waals surface area contributed by atoms with Crippen molar-refractivity contribution in [3.63, 3.8) is 0 Å². The molecule has 110 valence electrons. The van der Waals surface area contributed by atoms with Gasteiger partial charge in [-0.05, 0) is 42.3 Å². The number of methoxy groups -OCH3 is 1. The molecule has 1 N–H and O–H groups in total. The van der Waals surface area contributed by atoms with E-state index in [0.29, 0.717) is 12.2 Å². The van der Waals surface area contributed by atoms with Crippen LogP contribution in [-0.4, -0.2) is 13.0 Å². The third kappa shape index (κ3) is 4.13. The molecule has 21 heavy (non-hydrogen) atoms. The number of halogens is 1. The molecule has 1 amide bonds. The summed E-state index contributed by atoms with van der Waals surface area (Å²) in [5.74, 6) is -0.443. The maximum absolute atomic E-state index is 12.9. The first-order valence-electron chi connectivity index (χ1n) is 6.74. The van der Waals surface area contributed by atoms with E-state index in [2.05, 4.69) is 5.32 Å². The molecule has 3 nitrogen and oxygen atoms in total. The number of amides is 1. The second-order valence-electron chi connectivity index (χ2n) is 4.88. The average molecular weight is 287 g/mol. The van der Waals surface area contributed by atoms with Crippen molar-refractivity contribution in [1.82, 2.24) is 5.32 Å². The van der Waals surface area contributed by atoms with Gasteiger partial charge in [0, 0.05) is 12.7 Å². The van der Waals surface area contributed by atoms with Crippen LogP contribution in [0.5, 0.6) is 0 Å². The minimum Gasteiger partial charge on any atom is -0.380 e.